The number of likely N-dealkylation sites (tertiary alicyclic amines) is 1. The molecule has 0 aliphatic carbocycles. The first-order valence-electron chi connectivity index (χ1n) is 8.06. The van der Waals surface area contributed by atoms with Gasteiger partial charge in [-0.05, 0) is 31.4 Å². The lowest BCUT2D eigenvalue weighted by Gasteiger charge is -2.28. The summed E-state index contributed by atoms with van der Waals surface area (Å²) in [7, 11) is 0. The number of carbonyl (C=O) groups is 1. The standard InChI is InChI=1S/C19H19N3O2/c1-13-10-15(11-18(23)21-13)19(24)22-9-5-8-17(22)16(12-20)14-6-3-2-4-7-14/h2-4,6-7,10-11,16-17H,5,8-9H2,1H3,(H,21,23)/t16-,17-/m1/s1. The van der Waals surface area contributed by atoms with Gasteiger partial charge in [-0.1, -0.05) is 30.3 Å². The highest BCUT2D eigenvalue weighted by molar-refractivity contribution is 5.94. The quantitative estimate of drug-likeness (QED) is 0.944. The summed E-state index contributed by atoms with van der Waals surface area (Å²) in [5.74, 6) is -0.538. The largest absolute Gasteiger partial charge is 0.334 e. The number of H-pyrrole nitrogens is 1. The van der Waals surface area contributed by atoms with Crippen LogP contribution in [-0.4, -0.2) is 28.4 Å². The van der Waals surface area contributed by atoms with Crippen molar-refractivity contribution < 1.29 is 4.79 Å². The lowest BCUT2D eigenvalue weighted by molar-refractivity contribution is 0.0728. The number of hydrogen-bond acceptors (Lipinski definition) is 3. The molecule has 0 spiro atoms. The maximum absolute atomic E-state index is 12.9. The summed E-state index contributed by atoms with van der Waals surface area (Å²) in [4.78, 5) is 28.9. The van der Waals surface area contributed by atoms with Crippen molar-refractivity contribution in [3.05, 3.63) is 69.6 Å². The molecule has 2 heterocycles. The zero-order chi connectivity index (χ0) is 17.1. The van der Waals surface area contributed by atoms with Gasteiger partial charge in [0.2, 0.25) is 5.56 Å². The predicted molar refractivity (Wildman–Crippen MR) is 90.7 cm³/mol. The summed E-state index contributed by atoms with van der Waals surface area (Å²) in [6.07, 6.45) is 1.66. The highest BCUT2D eigenvalue weighted by Gasteiger charge is 2.36. The van der Waals surface area contributed by atoms with Crippen molar-refractivity contribution in [2.45, 2.75) is 31.7 Å². The van der Waals surface area contributed by atoms with Gasteiger partial charge in [-0.25, -0.2) is 0 Å². The normalized spacial score (nSPS) is 18.2. The number of pyridine rings is 1. The second kappa shape index (κ2) is 6.71. The molecule has 5 heteroatoms. The Kier molecular flexibility index (Phi) is 4.48. The van der Waals surface area contributed by atoms with Crippen molar-refractivity contribution in [1.29, 1.82) is 5.26 Å². The van der Waals surface area contributed by atoms with E-state index in [4.69, 9.17) is 0 Å². The second-order valence-electron chi connectivity index (χ2n) is 6.14. The number of amides is 1. The summed E-state index contributed by atoms with van der Waals surface area (Å²) < 4.78 is 0. The van der Waals surface area contributed by atoms with Crippen molar-refractivity contribution in [3.8, 4) is 6.07 Å². The fourth-order valence-electron chi connectivity index (χ4n) is 3.41. The molecule has 24 heavy (non-hydrogen) atoms. The van der Waals surface area contributed by atoms with Crippen molar-refractivity contribution in [1.82, 2.24) is 9.88 Å². The average Bonchev–Trinajstić information content (AvgIpc) is 3.04. The number of carbonyl (C=O) groups excluding carboxylic acids is 1. The Morgan fingerprint density at radius 2 is 2.08 bits per heavy atom. The van der Waals surface area contributed by atoms with Gasteiger partial charge in [-0.2, -0.15) is 5.26 Å². The zero-order valence-corrected chi connectivity index (χ0v) is 13.5. The topological polar surface area (TPSA) is 77.0 Å². The summed E-state index contributed by atoms with van der Waals surface area (Å²) in [6, 6.07) is 14.8. The van der Waals surface area contributed by atoms with Gasteiger partial charge in [0.25, 0.3) is 5.91 Å². The summed E-state index contributed by atoms with van der Waals surface area (Å²) in [5, 5.41) is 9.66. The van der Waals surface area contributed by atoms with E-state index in [0.717, 1.165) is 18.4 Å². The lowest BCUT2D eigenvalue weighted by Crippen LogP contribution is -2.39. The highest BCUT2D eigenvalue weighted by atomic mass is 16.2. The Morgan fingerprint density at radius 3 is 2.75 bits per heavy atom. The van der Waals surface area contributed by atoms with E-state index in [1.54, 1.807) is 17.9 Å². The van der Waals surface area contributed by atoms with E-state index in [-0.39, 0.29) is 23.4 Å². The predicted octanol–water partition coefficient (Wildman–Crippen LogP) is 2.60. The second-order valence-corrected chi connectivity index (χ2v) is 6.14. The first-order valence-corrected chi connectivity index (χ1v) is 8.06. The Labute approximate surface area is 140 Å². The molecule has 0 saturated carbocycles. The minimum Gasteiger partial charge on any atom is -0.334 e. The van der Waals surface area contributed by atoms with E-state index >= 15 is 0 Å². The summed E-state index contributed by atoms with van der Waals surface area (Å²) in [6.45, 7) is 2.36. The van der Waals surface area contributed by atoms with Gasteiger partial charge < -0.3 is 9.88 Å². The van der Waals surface area contributed by atoms with Crippen molar-refractivity contribution in [2.24, 2.45) is 0 Å². The van der Waals surface area contributed by atoms with Gasteiger partial charge >= 0.3 is 0 Å². The number of rotatable bonds is 3. The van der Waals surface area contributed by atoms with E-state index in [1.165, 1.54) is 6.07 Å². The van der Waals surface area contributed by atoms with Gasteiger partial charge in [-0.15, -0.1) is 0 Å². The van der Waals surface area contributed by atoms with E-state index in [0.29, 0.717) is 17.8 Å². The zero-order valence-electron chi connectivity index (χ0n) is 13.5. The van der Waals surface area contributed by atoms with Crippen LogP contribution in [0.1, 0.15) is 40.4 Å². The molecule has 1 N–H and O–H groups in total. The fourth-order valence-corrected chi connectivity index (χ4v) is 3.41. The molecule has 2 aromatic rings. The van der Waals surface area contributed by atoms with Crippen LogP contribution >= 0.6 is 0 Å². The molecule has 1 aromatic carbocycles. The number of nitrogens with zero attached hydrogens (tertiary/aromatic N) is 2. The maximum Gasteiger partial charge on any atom is 0.254 e. The molecule has 0 radical (unpaired) electrons. The highest BCUT2D eigenvalue weighted by Crippen LogP contribution is 2.31. The SMILES string of the molecule is Cc1cc(C(=O)N2CCC[C@@H]2[C@H](C#N)c2ccccc2)cc(=O)[nH]1. The van der Waals surface area contributed by atoms with Gasteiger partial charge in [0.15, 0.2) is 0 Å². The number of nitriles is 1. The van der Waals surface area contributed by atoms with Crippen LogP contribution in [0.15, 0.2) is 47.3 Å². The van der Waals surface area contributed by atoms with Crippen LogP contribution in [0, 0.1) is 18.3 Å². The molecule has 1 saturated heterocycles. The molecule has 1 aliphatic rings. The number of nitrogens with one attached hydrogen (secondary N) is 1. The third-order valence-electron chi connectivity index (χ3n) is 4.47. The minimum atomic E-state index is -0.360. The van der Waals surface area contributed by atoms with Crippen LogP contribution in [0.25, 0.3) is 0 Å². The molecule has 0 unspecified atom stereocenters. The molecule has 1 aliphatic heterocycles. The molecule has 1 fully saturated rings. The Hall–Kier alpha value is -2.87. The minimum absolute atomic E-state index is 0.163. The number of aromatic amines is 1. The third-order valence-corrected chi connectivity index (χ3v) is 4.47. The van der Waals surface area contributed by atoms with Crippen molar-refractivity contribution in [3.63, 3.8) is 0 Å². The Balaban J connectivity index is 1.91. The molecule has 1 aromatic heterocycles. The Bertz CT molecular complexity index is 836. The summed E-state index contributed by atoms with van der Waals surface area (Å²) in [5.41, 5.74) is 1.68. The molecule has 122 valence electrons. The third kappa shape index (κ3) is 3.09. The van der Waals surface area contributed by atoms with Gasteiger partial charge in [-0.3, -0.25) is 9.59 Å². The molecular formula is C19H19N3O2. The van der Waals surface area contributed by atoms with E-state index < -0.39 is 0 Å². The fraction of sp³-hybridized carbons (Fsp3) is 0.316. The van der Waals surface area contributed by atoms with Crippen molar-refractivity contribution in [2.75, 3.05) is 6.54 Å². The van der Waals surface area contributed by atoms with Crippen LogP contribution in [-0.2, 0) is 0 Å². The van der Waals surface area contributed by atoms with Gasteiger partial charge in [0, 0.05) is 23.9 Å². The molecule has 0 bridgehead atoms. The molecule has 1 amide bonds. The average molecular weight is 321 g/mol. The van der Waals surface area contributed by atoms with Crippen LogP contribution < -0.4 is 5.56 Å². The van der Waals surface area contributed by atoms with Crippen LogP contribution in [0.5, 0.6) is 0 Å². The number of benzene rings is 1. The molecular weight excluding hydrogens is 302 g/mol. The first-order chi connectivity index (χ1) is 11.6. The molecule has 5 nitrogen and oxygen atoms in total. The first kappa shape index (κ1) is 16.0. The maximum atomic E-state index is 12.9. The smallest absolute Gasteiger partial charge is 0.254 e. The number of aromatic nitrogens is 1. The monoisotopic (exact) mass is 321 g/mol. The molecule has 3 rings (SSSR count). The van der Waals surface area contributed by atoms with Gasteiger partial charge in [0.1, 0.15) is 0 Å². The van der Waals surface area contributed by atoms with Crippen molar-refractivity contribution >= 4 is 5.91 Å². The van der Waals surface area contributed by atoms with E-state index in [1.807, 2.05) is 30.3 Å². The molecule has 2 atom stereocenters. The van der Waals surface area contributed by atoms with E-state index in [9.17, 15) is 14.9 Å². The van der Waals surface area contributed by atoms with Crippen LogP contribution in [0.3, 0.4) is 0 Å². The lowest BCUT2D eigenvalue weighted by atomic mass is 9.91. The summed E-state index contributed by atoms with van der Waals surface area (Å²) >= 11 is 0. The Morgan fingerprint density at radius 1 is 1.33 bits per heavy atom. The van der Waals surface area contributed by atoms with E-state index in [2.05, 4.69) is 11.1 Å². The number of hydrogen-bond donors (Lipinski definition) is 1. The van der Waals surface area contributed by atoms with Crippen LogP contribution in [0.2, 0.25) is 0 Å². The number of aryl methyl sites for hydroxylation is 1. The van der Waals surface area contributed by atoms with Crippen LogP contribution in [0.4, 0.5) is 0 Å². The van der Waals surface area contributed by atoms with Gasteiger partial charge in [0.05, 0.1) is 18.0 Å².